The van der Waals surface area contributed by atoms with Crippen molar-refractivity contribution in [3.63, 3.8) is 0 Å². The third-order valence-corrected chi connectivity index (χ3v) is 4.93. The van der Waals surface area contributed by atoms with Gasteiger partial charge in [0.25, 0.3) is 5.91 Å². The molecule has 126 valence electrons. The molecule has 0 spiro atoms. The van der Waals surface area contributed by atoms with Gasteiger partial charge in [0.2, 0.25) is 5.91 Å². The zero-order chi connectivity index (χ0) is 16.9. The van der Waals surface area contributed by atoms with Crippen LogP contribution in [-0.4, -0.2) is 58.0 Å². The van der Waals surface area contributed by atoms with Crippen molar-refractivity contribution in [2.24, 2.45) is 0 Å². The SMILES string of the molecule is CC(Sc1ccccn1)C(=O)N1CCN(C(=O)c2ccco2)CC1. The number of carbonyl (C=O) groups excluding carboxylic acids is 2. The van der Waals surface area contributed by atoms with Gasteiger partial charge < -0.3 is 14.2 Å². The van der Waals surface area contributed by atoms with Gasteiger partial charge in [-0.1, -0.05) is 17.8 Å². The topological polar surface area (TPSA) is 66.7 Å². The number of hydrogen-bond donors (Lipinski definition) is 0. The Hall–Kier alpha value is -2.28. The maximum Gasteiger partial charge on any atom is 0.289 e. The van der Waals surface area contributed by atoms with Crippen molar-refractivity contribution < 1.29 is 14.0 Å². The Morgan fingerprint density at radius 2 is 1.88 bits per heavy atom. The molecule has 2 aromatic rings. The van der Waals surface area contributed by atoms with Crippen LogP contribution in [0.3, 0.4) is 0 Å². The van der Waals surface area contributed by atoms with E-state index in [4.69, 9.17) is 4.42 Å². The Morgan fingerprint density at radius 1 is 1.12 bits per heavy atom. The number of aromatic nitrogens is 1. The molecule has 0 aliphatic carbocycles. The molecule has 0 aromatic carbocycles. The smallest absolute Gasteiger partial charge is 0.289 e. The van der Waals surface area contributed by atoms with Gasteiger partial charge in [-0.2, -0.15) is 0 Å². The first-order valence-electron chi connectivity index (χ1n) is 7.84. The molecule has 0 bridgehead atoms. The van der Waals surface area contributed by atoms with E-state index in [1.165, 1.54) is 18.0 Å². The van der Waals surface area contributed by atoms with Crippen LogP contribution in [0.5, 0.6) is 0 Å². The Kier molecular flexibility index (Phi) is 5.20. The highest BCUT2D eigenvalue weighted by molar-refractivity contribution is 8.00. The summed E-state index contributed by atoms with van der Waals surface area (Å²) in [6, 6.07) is 9.01. The molecule has 1 aliphatic heterocycles. The average molecular weight is 345 g/mol. The van der Waals surface area contributed by atoms with Crippen LogP contribution in [0.2, 0.25) is 0 Å². The number of pyridine rings is 1. The van der Waals surface area contributed by atoms with Gasteiger partial charge in [-0.25, -0.2) is 4.98 Å². The Morgan fingerprint density at radius 3 is 2.50 bits per heavy atom. The van der Waals surface area contributed by atoms with E-state index in [1.807, 2.05) is 30.0 Å². The summed E-state index contributed by atoms with van der Waals surface area (Å²) in [5.41, 5.74) is 0. The van der Waals surface area contributed by atoms with E-state index in [-0.39, 0.29) is 17.1 Å². The second kappa shape index (κ2) is 7.53. The van der Waals surface area contributed by atoms with Crippen LogP contribution in [0.25, 0.3) is 0 Å². The van der Waals surface area contributed by atoms with Crippen molar-refractivity contribution in [1.29, 1.82) is 0 Å². The zero-order valence-corrected chi connectivity index (χ0v) is 14.2. The number of rotatable bonds is 4. The summed E-state index contributed by atoms with van der Waals surface area (Å²) in [5, 5.41) is 0.636. The molecule has 1 atom stereocenters. The normalized spacial score (nSPS) is 16.0. The summed E-state index contributed by atoms with van der Waals surface area (Å²) >= 11 is 1.45. The molecule has 0 N–H and O–H groups in total. The monoisotopic (exact) mass is 345 g/mol. The molecule has 6 nitrogen and oxygen atoms in total. The van der Waals surface area contributed by atoms with Gasteiger partial charge in [0.05, 0.1) is 16.5 Å². The van der Waals surface area contributed by atoms with Gasteiger partial charge in [0.1, 0.15) is 0 Å². The summed E-state index contributed by atoms with van der Waals surface area (Å²) in [7, 11) is 0. The van der Waals surface area contributed by atoms with Crippen molar-refractivity contribution >= 4 is 23.6 Å². The molecule has 7 heteroatoms. The molecule has 3 heterocycles. The minimum absolute atomic E-state index is 0.0794. The first-order chi connectivity index (χ1) is 11.6. The molecular weight excluding hydrogens is 326 g/mol. The minimum Gasteiger partial charge on any atom is -0.459 e. The number of piperazine rings is 1. The second-order valence-electron chi connectivity index (χ2n) is 5.52. The molecular formula is C17H19N3O3S. The summed E-state index contributed by atoms with van der Waals surface area (Å²) < 4.78 is 5.15. The third kappa shape index (κ3) is 3.79. The van der Waals surface area contributed by atoms with Gasteiger partial charge >= 0.3 is 0 Å². The van der Waals surface area contributed by atoms with Gasteiger partial charge in [-0.15, -0.1) is 0 Å². The van der Waals surface area contributed by atoms with E-state index in [0.29, 0.717) is 31.9 Å². The Bertz CT molecular complexity index is 682. The van der Waals surface area contributed by atoms with Crippen LogP contribution in [0.15, 0.2) is 52.2 Å². The molecule has 1 aliphatic rings. The van der Waals surface area contributed by atoms with Gasteiger partial charge in [-0.05, 0) is 31.2 Å². The lowest BCUT2D eigenvalue weighted by atomic mass is 10.2. The predicted octanol–water partition coefficient (Wildman–Crippen LogP) is 2.14. The molecule has 1 unspecified atom stereocenters. The van der Waals surface area contributed by atoms with Gasteiger partial charge in [-0.3, -0.25) is 9.59 Å². The molecule has 0 radical (unpaired) electrons. The maximum atomic E-state index is 12.6. The summed E-state index contributed by atoms with van der Waals surface area (Å²) in [6.45, 7) is 4.01. The molecule has 2 amide bonds. The van der Waals surface area contributed by atoms with Crippen LogP contribution in [0, 0.1) is 0 Å². The Balaban J connectivity index is 1.52. The number of amides is 2. The number of carbonyl (C=O) groups is 2. The fourth-order valence-corrected chi connectivity index (χ4v) is 3.48. The minimum atomic E-state index is -0.202. The lowest BCUT2D eigenvalue weighted by Crippen LogP contribution is -2.52. The first kappa shape index (κ1) is 16.6. The largest absolute Gasteiger partial charge is 0.459 e. The van der Waals surface area contributed by atoms with Crippen LogP contribution in [0.1, 0.15) is 17.5 Å². The van der Waals surface area contributed by atoms with E-state index >= 15 is 0 Å². The number of thioether (sulfide) groups is 1. The Labute approximate surface area is 144 Å². The highest BCUT2D eigenvalue weighted by atomic mass is 32.2. The molecule has 3 rings (SSSR count). The predicted molar refractivity (Wildman–Crippen MR) is 90.7 cm³/mol. The van der Waals surface area contributed by atoms with Crippen molar-refractivity contribution in [3.05, 3.63) is 48.6 Å². The van der Waals surface area contributed by atoms with Crippen molar-refractivity contribution in [2.75, 3.05) is 26.2 Å². The highest BCUT2D eigenvalue weighted by Gasteiger charge is 2.28. The molecule has 1 saturated heterocycles. The number of nitrogens with zero attached hydrogens (tertiary/aromatic N) is 3. The van der Waals surface area contributed by atoms with E-state index in [2.05, 4.69) is 4.98 Å². The molecule has 24 heavy (non-hydrogen) atoms. The summed E-state index contributed by atoms with van der Waals surface area (Å²) in [5.74, 6) is 0.299. The van der Waals surface area contributed by atoms with E-state index in [0.717, 1.165) is 5.03 Å². The van der Waals surface area contributed by atoms with E-state index in [9.17, 15) is 9.59 Å². The zero-order valence-electron chi connectivity index (χ0n) is 13.4. The van der Waals surface area contributed by atoms with Gasteiger partial charge in [0, 0.05) is 32.4 Å². The van der Waals surface area contributed by atoms with E-state index < -0.39 is 0 Å². The molecule has 0 saturated carbocycles. The fraction of sp³-hybridized carbons (Fsp3) is 0.353. The second-order valence-corrected chi connectivity index (χ2v) is 6.88. The quantitative estimate of drug-likeness (QED) is 0.794. The van der Waals surface area contributed by atoms with Crippen molar-refractivity contribution in [1.82, 2.24) is 14.8 Å². The average Bonchev–Trinajstić information content (AvgIpc) is 3.16. The van der Waals surface area contributed by atoms with Crippen LogP contribution in [-0.2, 0) is 4.79 Å². The van der Waals surface area contributed by atoms with E-state index in [1.54, 1.807) is 23.2 Å². The highest BCUT2D eigenvalue weighted by Crippen LogP contribution is 2.22. The first-order valence-corrected chi connectivity index (χ1v) is 8.72. The maximum absolute atomic E-state index is 12.6. The van der Waals surface area contributed by atoms with Gasteiger partial charge in [0.15, 0.2) is 5.76 Å². The summed E-state index contributed by atoms with van der Waals surface area (Å²) in [6.07, 6.45) is 3.21. The van der Waals surface area contributed by atoms with Crippen LogP contribution < -0.4 is 0 Å². The van der Waals surface area contributed by atoms with Crippen LogP contribution >= 0.6 is 11.8 Å². The third-order valence-electron chi connectivity index (χ3n) is 3.89. The lowest BCUT2D eigenvalue weighted by molar-refractivity contribution is -0.131. The molecule has 2 aromatic heterocycles. The van der Waals surface area contributed by atoms with Crippen molar-refractivity contribution in [2.45, 2.75) is 17.2 Å². The fourth-order valence-electron chi connectivity index (χ4n) is 2.59. The summed E-state index contributed by atoms with van der Waals surface area (Å²) in [4.78, 5) is 32.6. The lowest BCUT2D eigenvalue weighted by Gasteiger charge is -2.35. The molecule has 1 fully saturated rings. The standard InChI is InChI=1S/C17H19N3O3S/c1-13(24-15-6-2-3-7-18-15)16(21)19-8-10-20(11-9-19)17(22)14-5-4-12-23-14/h2-7,12-13H,8-11H2,1H3. The number of hydrogen-bond acceptors (Lipinski definition) is 5. The van der Waals surface area contributed by atoms with Crippen molar-refractivity contribution in [3.8, 4) is 0 Å². The number of furan rings is 1. The van der Waals surface area contributed by atoms with Crippen LogP contribution in [0.4, 0.5) is 0 Å².